The van der Waals surface area contributed by atoms with Gasteiger partial charge in [-0.25, -0.2) is 14.5 Å². The number of aryl methyl sites for hydroxylation is 1. The largest absolute Gasteiger partial charge is 0.341 e. The zero-order valence-corrected chi connectivity index (χ0v) is 14.8. The Morgan fingerprint density at radius 2 is 2.00 bits per heavy atom. The van der Waals surface area contributed by atoms with E-state index in [2.05, 4.69) is 32.5 Å². The molecule has 4 aromatic heterocycles. The van der Waals surface area contributed by atoms with Gasteiger partial charge in [0.15, 0.2) is 5.65 Å². The fourth-order valence-corrected chi connectivity index (χ4v) is 3.62. The van der Waals surface area contributed by atoms with Crippen LogP contribution >= 0.6 is 0 Å². The van der Waals surface area contributed by atoms with Crippen molar-refractivity contribution >= 4 is 11.6 Å². The van der Waals surface area contributed by atoms with Crippen LogP contribution in [0.4, 0.5) is 5.95 Å². The lowest BCUT2D eigenvalue weighted by molar-refractivity contribution is 0.784. The monoisotopic (exact) mass is 345 g/mol. The molecule has 5 rings (SSSR count). The van der Waals surface area contributed by atoms with E-state index in [1.165, 1.54) is 0 Å². The summed E-state index contributed by atoms with van der Waals surface area (Å²) in [5.41, 5.74) is 5.79. The van der Waals surface area contributed by atoms with Crippen molar-refractivity contribution in [3.63, 3.8) is 0 Å². The van der Waals surface area contributed by atoms with E-state index in [0.29, 0.717) is 0 Å². The van der Waals surface area contributed by atoms with E-state index in [0.717, 1.165) is 59.6 Å². The number of fused-ring (bicyclic) bond motifs is 2. The number of rotatable bonds is 3. The molecule has 0 saturated carbocycles. The van der Waals surface area contributed by atoms with Crippen LogP contribution in [0.15, 0.2) is 42.9 Å². The Bertz CT molecular complexity index is 1110. The number of hydrogen-bond donors (Lipinski definition) is 0. The van der Waals surface area contributed by atoms with E-state index in [-0.39, 0.29) is 0 Å². The first kappa shape index (κ1) is 15.1. The Morgan fingerprint density at radius 3 is 2.85 bits per heavy atom. The van der Waals surface area contributed by atoms with Gasteiger partial charge in [0.25, 0.3) is 0 Å². The zero-order chi connectivity index (χ0) is 17.7. The maximum absolute atomic E-state index is 4.98. The van der Waals surface area contributed by atoms with Gasteiger partial charge in [0.2, 0.25) is 5.95 Å². The standard InChI is InChI=1S/C19H19N7/c1-3-24-9-10-25-18(14-7-8-16-20-12-21-26(16)11-14)17(23-19(24)25)15-6-4-5-13(2)22-15/h4-8,11-12H,3,9-10H2,1-2H3. The van der Waals surface area contributed by atoms with Crippen LogP contribution in [0.25, 0.3) is 28.3 Å². The summed E-state index contributed by atoms with van der Waals surface area (Å²) in [6.07, 6.45) is 3.59. The fourth-order valence-electron chi connectivity index (χ4n) is 3.62. The minimum Gasteiger partial charge on any atom is -0.341 e. The maximum atomic E-state index is 4.98. The summed E-state index contributed by atoms with van der Waals surface area (Å²) in [6.45, 7) is 7.02. The Kier molecular flexibility index (Phi) is 3.28. The minimum atomic E-state index is 0.834. The summed E-state index contributed by atoms with van der Waals surface area (Å²) in [6, 6.07) is 10.1. The molecule has 130 valence electrons. The molecule has 0 saturated heterocycles. The van der Waals surface area contributed by atoms with Crippen molar-refractivity contribution in [1.82, 2.24) is 29.1 Å². The molecule has 0 spiro atoms. The SMILES string of the molecule is CCN1CCn2c1nc(-c1cccc(C)n1)c2-c1ccc2ncnn2c1. The predicted octanol–water partition coefficient (Wildman–Crippen LogP) is 2.80. The quantitative estimate of drug-likeness (QED) is 0.571. The third-order valence-corrected chi connectivity index (χ3v) is 4.88. The van der Waals surface area contributed by atoms with Crippen LogP contribution < -0.4 is 4.90 Å². The van der Waals surface area contributed by atoms with Crippen LogP contribution in [-0.4, -0.2) is 42.2 Å². The molecular weight excluding hydrogens is 326 g/mol. The summed E-state index contributed by atoms with van der Waals surface area (Å²) in [7, 11) is 0. The van der Waals surface area contributed by atoms with Crippen molar-refractivity contribution in [2.45, 2.75) is 20.4 Å². The number of pyridine rings is 2. The molecule has 5 heterocycles. The van der Waals surface area contributed by atoms with Crippen LogP contribution in [0.3, 0.4) is 0 Å². The second kappa shape index (κ2) is 5.66. The summed E-state index contributed by atoms with van der Waals surface area (Å²) in [4.78, 5) is 16.2. The second-order valence-corrected chi connectivity index (χ2v) is 6.49. The maximum Gasteiger partial charge on any atom is 0.206 e. The number of imidazole rings is 1. The number of anilines is 1. The second-order valence-electron chi connectivity index (χ2n) is 6.49. The summed E-state index contributed by atoms with van der Waals surface area (Å²) < 4.78 is 4.09. The highest BCUT2D eigenvalue weighted by atomic mass is 15.4. The van der Waals surface area contributed by atoms with Gasteiger partial charge in [0, 0.05) is 37.1 Å². The molecule has 0 aromatic carbocycles. The van der Waals surface area contributed by atoms with Crippen molar-refractivity contribution in [2.75, 3.05) is 18.0 Å². The van der Waals surface area contributed by atoms with Crippen molar-refractivity contribution in [3.8, 4) is 22.6 Å². The normalized spacial score (nSPS) is 13.5. The number of nitrogens with zero attached hydrogens (tertiary/aromatic N) is 7. The molecule has 0 aliphatic carbocycles. The Balaban J connectivity index is 1.77. The average molecular weight is 345 g/mol. The molecule has 0 amide bonds. The van der Waals surface area contributed by atoms with E-state index < -0.39 is 0 Å². The number of likely N-dealkylation sites (N-methyl/N-ethyl adjacent to an activating group) is 1. The highest BCUT2D eigenvalue weighted by Gasteiger charge is 2.28. The Morgan fingerprint density at radius 1 is 1.08 bits per heavy atom. The van der Waals surface area contributed by atoms with Crippen molar-refractivity contribution < 1.29 is 0 Å². The fraction of sp³-hybridized carbons (Fsp3) is 0.263. The molecular formula is C19H19N7. The summed E-state index contributed by atoms with van der Waals surface area (Å²) >= 11 is 0. The van der Waals surface area contributed by atoms with Gasteiger partial charge in [-0.3, -0.25) is 4.98 Å². The van der Waals surface area contributed by atoms with E-state index >= 15 is 0 Å². The van der Waals surface area contributed by atoms with Gasteiger partial charge in [-0.2, -0.15) is 5.10 Å². The molecule has 7 nitrogen and oxygen atoms in total. The molecule has 26 heavy (non-hydrogen) atoms. The highest BCUT2D eigenvalue weighted by molar-refractivity contribution is 5.80. The molecule has 4 aromatic rings. The predicted molar refractivity (Wildman–Crippen MR) is 100 cm³/mol. The Hall–Kier alpha value is -3.22. The molecule has 0 radical (unpaired) electrons. The van der Waals surface area contributed by atoms with Crippen LogP contribution in [-0.2, 0) is 6.54 Å². The van der Waals surface area contributed by atoms with Gasteiger partial charge in [0.1, 0.15) is 12.0 Å². The number of aromatic nitrogens is 6. The Labute approximate surface area is 151 Å². The minimum absolute atomic E-state index is 0.834. The summed E-state index contributed by atoms with van der Waals surface area (Å²) in [5.74, 6) is 1.01. The van der Waals surface area contributed by atoms with Gasteiger partial charge in [-0.15, -0.1) is 0 Å². The van der Waals surface area contributed by atoms with E-state index in [4.69, 9.17) is 9.97 Å². The van der Waals surface area contributed by atoms with Crippen LogP contribution in [0.1, 0.15) is 12.6 Å². The zero-order valence-electron chi connectivity index (χ0n) is 14.8. The van der Waals surface area contributed by atoms with Gasteiger partial charge < -0.3 is 9.47 Å². The molecule has 0 bridgehead atoms. The van der Waals surface area contributed by atoms with E-state index in [9.17, 15) is 0 Å². The lowest BCUT2D eigenvalue weighted by atomic mass is 10.1. The van der Waals surface area contributed by atoms with E-state index in [1.807, 2.05) is 37.4 Å². The summed E-state index contributed by atoms with van der Waals surface area (Å²) in [5, 5.41) is 4.28. The molecule has 1 aliphatic heterocycles. The van der Waals surface area contributed by atoms with Gasteiger partial charge in [-0.1, -0.05) is 6.07 Å². The first-order chi connectivity index (χ1) is 12.7. The van der Waals surface area contributed by atoms with Gasteiger partial charge >= 0.3 is 0 Å². The first-order valence-corrected chi connectivity index (χ1v) is 8.84. The van der Waals surface area contributed by atoms with Crippen molar-refractivity contribution in [1.29, 1.82) is 0 Å². The highest BCUT2D eigenvalue weighted by Crippen LogP contribution is 2.37. The smallest absolute Gasteiger partial charge is 0.206 e. The third kappa shape index (κ3) is 2.20. The van der Waals surface area contributed by atoms with Crippen molar-refractivity contribution in [3.05, 3.63) is 48.5 Å². The third-order valence-electron chi connectivity index (χ3n) is 4.88. The number of hydrogen-bond acceptors (Lipinski definition) is 5. The molecule has 0 unspecified atom stereocenters. The van der Waals surface area contributed by atoms with Crippen LogP contribution in [0, 0.1) is 6.92 Å². The lowest BCUT2D eigenvalue weighted by Crippen LogP contribution is -2.20. The van der Waals surface area contributed by atoms with Gasteiger partial charge in [0.05, 0.1) is 11.4 Å². The molecule has 7 heteroatoms. The average Bonchev–Trinajstić information content (AvgIpc) is 3.35. The molecule has 0 fully saturated rings. The van der Waals surface area contributed by atoms with Crippen molar-refractivity contribution in [2.24, 2.45) is 0 Å². The van der Waals surface area contributed by atoms with Crippen LogP contribution in [0.2, 0.25) is 0 Å². The molecule has 1 aliphatic rings. The first-order valence-electron chi connectivity index (χ1n) is 8.84. The van der Waals surface area contributed by atoms with E-state index in [1.54, 1.807) is 10.8 Å². The lowest BCUT2D eigenvalue weighted by Gasteiger charge is -2.11. The topological polar surface area (TPSA) is 64.1 Å². The molecule has 0 atom stereocenters. The van der Waals surface area contributed by atoms with Gasteiger partial charge in [-0.05, 0) is 38.1 Å². The molecule has 0 N–H and O–H groups in total. The van der Waals surface area contributed by atoms with Crippen LogP contribution in [0.5, 0.6) is 0 Å².